The van der Waals surface area contributed by atoms with Crippen LogP contribution in [0.3, 0.4) is 0 Å². The van der Waals surface area contributed by atoms with E-state index in [1.807, 2.05) is 0 Å². The maximum atomic E-state index is 11.7. The van der Waals surface area contributed by atoms with E-state index in [0.717, 1.165) is 51.4 Å². The van der Waals surface area contributed by atoms with Gasteiger partial charge in [0.1, 0.15) is 0 Å². The van der Waals surface area contributed by atoms with Gasteiger partial charge in [-0.25, -0.2) is 0 Å². The third-order valence-electron chi connectivity index (χ3n) is 5.69. The number of carbonyl (C=O) groups excluding carboxylic acids is 2. The molecule has 0 aliphatic heterocycles. The molecule has 0 saturated heterocycles. The second-order valence-electron chi connectivity index (χ2n) is 6.79. The van der Waals surface area contributed by atoms with Crippen LogP contribution >= 0.6 is 0 Å². The standard InChI is InChI=1S/C18H24O2/c19-15-7-1-3-9-17-11-5-13-18(17,14-6-12-17)10-4-2-8-16(15)20/h5-6,11,14H,1-4,7-10,12-13H2. The summed E-state index contributed by atoms with van der Waals surface area (Å²) in [4.78, 5) is 23.4. The molecule has 3 aliphatic rings. The van der Waals surface area contributed by atoms with Gasteiger partial charge in [0.15, 0.2) is 11.6 Å². The Bertz CT molecular complexity index is 430. The normalized spacial score (nSPS) is 38.2. The first kappa shape index (κ1) is 13.8. The molecule has 0 aromatic heterocycles. The van der Waals surface area contributed by atoms with Crippen molar-refractivity contribution < 1.29 is 9.59 Å². The summed E-state index contributed by atoms with van der Waals surface area (Å²) < 4.78 is 0. The maximum Gasteiger partial charge on any atom is 0.198 e. The van der Waals surface area contributed by atoms with Gasteiger partial charge in [-0.15, -0.1) is 0 Å². The second-order valence-corrected chi connectivity index (χ2v) is 6.79. The summed E-state index contributed by atoms with van der Waals surface area (Å²) in [5.41, 5.74) is 0.637. The molecule has 2 heteroatoms. The van der Waals surface area contributed by atoms with Gasteiger partial charge in [0.05, 0.1) is 0 Å². The lowest BCUT2D eigenvalue weighted by molar-refractivity contribution is -0.136. The Balaban J connectivity index is 1.76. The van der Waals surface area contributed by atoms with Crippen LogP contribution in [0.25, 0.3) is 0 Å². The Morgan fingerprint density at radius 3 is 1.60 bits per heavy atom. The molecular weight excluding hydrogens is 248 g/mol. The molecule has 0 N–H and O–H groups in total. The SMILES string of the molecule is O=C1CCCCC23C=CCC2(C=CC3)CCCCC1=O. The molecule has 108 valence electrons. The van der Waals surface area contributed by atoms with Crippen molar-refractivity contribution in [1.29, 1.82) is 0 Å². The molecule has 0 amide bonds. The summed E-state index contributed by atoms with van der Waals surface area (Å²) >= 11 is 0. The summed E-state index contributed by atoms with van der Waals surface area (Å²) in [6.07, 6.45) is 19.1. The summed E-state index contributed by atoms with van der Waals surface area (Å²) in [5.74, 6) is -0.276. The first-order valence-electron chi connectivity index (χ1n) is 8.09. The maximum absolute atomic E-state index is 11.7. The van der Waals surface area contributed by atoms with Gasteiger partial charge in [0.25, 0.3) is 0 Å². The number of hydrogen-bond donors (Lipinski definition) is 0. The van der Waals surface area contributed by atoms with Crippen molar-refractivity contribution in [3.63, 3.8) is 0 Å². The van der Waals surface area contributed by atoms with Crippen LogP contribution in [0, 0.1) is 10.8 Å². The summed E-state index contributed by atoms with van der Waals surface area (Å²) in [6, 6.07) is 0. The largest absolute Gasteiger partial charge is 0.291 e. The third-order valence-corrected chi connectivity index (χ3v) is 5.69. The van der Waals surface area contributed by atoms with Gasteiger partial charge in [-0.1, -0.05) is 37.1 Å². The fourth-order valence-corrected chi connectivity index (χ4v) is 4.46. The number of Topliss-reactive ketones (excluding diaryl/α,β-unsaturated/α-hetero) is 2. The highest BCUT2D eigenvalue weighted by Gasteiger charge is 2.51. The molecule has 0 spiro atoms. The van der Waals surface area contributed by atoms with Gasteiger partial charge >= 0.3 is 0 Å². The Kier molecular flexibility index (Phi) is 3.66. The number of carbonyl (C=O) groups is 2. The van der Waals surface area contributed by atoms with Crippen LogP contribution in [0.15, 0.2) is 24.3 Å². The molecule has 1 saturated carbocycles. The Morgan fingerprint density at radius 2 is 1.15 bits per heavy atom. The van der Waals surface area contributed by atoms with Gasteiger partial charge in [0, 0.05) is 23.7 Å². The molecule has 0 aromatic carbocycles. The molecule has 2 unspecified atom stereocenters. The molecular formula is C18H24O2. The minimum atomic E-state index is -0.138. The molecule has 2 atom stereocenters. The second kappa shape index (κ2) is 5.31. The lowest BCUT2D eigenvalue weighted by Crippen LogP contribution is -2.33. The predicted molar refractivity (Wildman–Crippen MR) is 79.3 cm³/mol. The summed E-state index contributed by atoms with van der Waals surface area (Å²) in [6.45, 7) is 0. The zero-order valence-corrected chi connectivity index (χ0v) is 12.2. The van der Waals surface area contributed by atoms with Crippen LogP contribution in [0.4, 0.5) is 0 Å². The van der Waals surface area contributed by atoms with E-state index >= 15 is 0 Å². The minimum Gasteiger partial charge on any atom is -0.291 e. The monoisotopic (exact) mass is 272 g/mol. The molecule has 3 rings (SSSR count). The molecule has 2 nitrogen and oxygen atoms in total. The average molecular weight is 272 g/mol. The summed E-state index contributed by atoms with van der Waals surface area (Å²) in [5, 5.41) is 0. The van der Waals surface area contributed by atoms with Crippen molar-refractivity contribution in [2.75, 3.05) is 0 Å². The van der Waals surface area contributed by atoms with E-state index in [-0.39, 0.29) is 11.6 Å². The van der Waals surface area contributed by atoms with Gasteiger partial charge in [-0.3, -0.25) is 9.59 Å². The van der Waals surface area contributed by atoms with E-state index in [4.69, 9.17) is 0 Å². The Morgan fingerprint density at radius 1 is 0.700 bits per heavy atom. The minimum absolute atomic E-state index is 0.138. The van der Waals surface area contributed by atoms with Crippen LogP contribution in [0.5, 0.6) is 0 Å². The van der Waals surface area contributed by atoms with Crippen molar-refractivity contribution in [3.8, 4) is 0 Å². The van der Waals surface area contributed by atoms with Gasteiger partial charge in [0.2, 0.25) is 0 Å². The van der Waals surface area contributed by atoms with Crippen LogP contribution in [0.1, 0.15) is 64.2 Å². The molecule has 0 bridgehead atoms. The number of allylic oxidation sites excluding steroid dienone is 4. The van der Waals surface area contributed by atoms with Gasteiger partial charge < -0.3 is 0 Å². The predicted octanol–water partition coefficient (Wildman–Crippen LogP) is 4.15. The number of hydrogen-bond acceptors (Lipinski definition) is 2. The van der Waals surface area contributed by atoms with Crippen LogP contribution in [-0.2, 0) is 9.59 Å². The van der Waals surface area contributed by atoms with E-state index in [1.54, 1.807) is 0 Å². The van der Waals surface area contributed by atoms with Crippen LogP contribution in [0.2, 0.25) is 0 Å². The number of ketones is 2. The molecule has 20 heavy (non-hydrogen) atoms. The molecule has 3 aliphatic carbocycles. The zero-order valence-electron chi connectivity index (χ0n) is 12.2. The molecule has 0 radical (unpaired) electrons. The van der Waals surface area contributed by atoms with Crippen molar-refractivity contribution >= 4 is 11.6 Å². The first-order valence-corrected chi connectivity index (χ1v) is 8.09. The highest BCUT2D eigenvalue weighted by Crippen LogP contribution is 2.61. The van der Waals surface area contributed by atoms with Gasteiger partial charge in [-0.2, -0.15) is 0 Å². The topological polar surface area (TPSA) is 34.1 Å². The van der Waals surface area contributed by atoms with Crippen molar-refractivity contribution in [2.24, 2.45) is 10.8 Å². The van der Waals surface area contributed by atoms with Crippen molar-refractivity contribution in [2.45, 2.75) is 64.2 Å². The van der Waals surface area contributed by atoms with Crippen molar-refractivity contribution in [1.82, 2.24) is 0 Å². The molecule has 0 aromatic rings. The fourth-order valence-electron chi connectivity index (χ4n) is 4.46. The smallest absolute Gasteiger partial charge is 0.198 e. The lowest BCUT2D eigenvalue weighted by atomic mass is 9.62. The van der Waals surface area contributed by atoms with E-state index in [1.165, 1.54) is 0 Å². The van der Waals surface area contributed by atoms with E-state index in [9.17, 15) is 9.59 Å². The van der Waals surface area contributed by atoms with E-state index in [2.05, 4.69) is 24.3 Å². The Hall–Kier alpha value is -1.18. The lowest BCUT2D eigenvalue weighted by Gasteiger charge is -2.41. The Labute approximate surface area is 121 Å². The van der Waals surface area contributed by atoms with E-state index in [0.29, 0.717) is 23.7 Å². The fraction of sp³-hybridized carbons (Fsp3) is 0.667. The third kappa shape index (κ3) is 2.19. The van der Waals surface area contributed by atoms with E-state index < -0.39 is 0 Å². The highest BCUT2D eigenvalue weighted by molar-refractivity contribution is 6.37. The summed E-state index contributed by atoms with van der Waals surface area (Å²) in [7, 11) is 0. The van der Waals surface area contributed by atoms with Crippen molar-refractivity contribution in [3.05, 3.63) is 24.3 Å². The number of rotatable bonds is 0. The van der Waals surface area contributed by atoms with Crippen LogP contribution < -0.4 is 0 Å². The zero-order chi connectivity index (χ0) is 14.1. The average Bonchev–Trinajstić information content (AvgIpc) is 2.93. The quantitative estimate of drug-likeness (QED) is 0.490. The first-order chi connectivity index (χ1) is 9.68. The van der Waals surface area contributed by atoms with Crippen LogP contribution in [-0.4, -0.2) is 11.6 Å². The van der Waals surface area contributed by atoms with Gasteiger partial charge in [-0.05, 0) is 38.5 Å². The highest BCUT2D eigenvalue weighted by atomic mass is 16.2. The molecule has 0 heterocycles. The molecule has 1 fully saturated rings.